The molecule has 0 bridgehead atoms. The van der Waals surface area contributed by atoms with Crippen molar-refractivity contribution in [3.8, 4) is 5.75 Å². The van der Waals surface area contributed by atoms with Crippen LogP contribution in [0.4, 0.5) is 5.69 Å². The fraction of sp³-hybridized carbons (Fsp3) is 0.133. The van der Waals surface area contributed by atoms with Gasteiger partial charge in [-0.1, -0.05) is 12.1 Å². The molecular weight excluding hydrogens is 306 g/mol. The van der Waals surface area contributed by atoms with Gasteiger partial charge in [-0.2, -0.15) is 0 Å². The Morgan fingerprint density at radius 3 is 2.45 bits per heavy atom. The zero-order valence-electron chi connectivity index (χ0n) is 12.0. The van der Waals surface area contributed by atoms with Crippen LogP contribution < -0.4 is 4.72 Å². The van der Waals surface area contributed by atoms with Gasteiger partial charge in [0.25, 0.3) is 10.0 Å². The summed E-state index contributed by atoms with van der Waals surface area (Å²) in [6.45, 7) is 3.30. The average molecular weight is 321 g/mol. The van der Waals surface area contributed by atoms with Crippen molar-refractivity contribution in [1.82, 2.24) is 0 Å². The molecule has 3 N–H and O–H groups in total. The van der Waals surface area contributed by atoms with Gasteiger partial charge in [-0.05, 0) is 43.7 Å². The van der Waals surface area contributed by atoms with Crippen molar-refractivity contribution in [2.24, 2.45) is 0 Å². The Morgan fingerprint density at radius 2 is 1.82 bits per heavy atom. The minimum absolute atomic E-state index is 0.0134. The molecule has 0 amide bonds. The Morgan fingerprint density at radius 1 is 1.14 bits per heavy atom. The number of sulfonamides is 1. The summed E-state index contributed by atoms with van der Waals surface area (Å²) >= 11 is 0. The van der Waals surface area contributed by atoms with Crippen molar-refractivity contribution >= 4 is 21.7 Å². The first-order valence-electron chi connectivity index (χ1n) is 6.37. The summed E-state index contributed by atoms with van der Waals surface area (Å²) in [5, 5.41) is 18.8. The van der Waals surface area contributed by atoms with Crippen LogP contribution in [0.3, 0.4) is 0 Å². The Bertz CT molecular complexity index is 843. The van der Waals surface area contributed by atoms with Crippen molar-refractivity contribution in [1.29, 1.82) is 0 Å². The Labute approximate surface area is 128 Å². The Kier molecular flexibility index (Phi) is 4.09. The first kappa shape index (κ1) is 15.8. The number of nitrogens with one attached hydrogen (secondary N) is 1. The minimum Gasteiger partial charge on any atom is -0.507 e. The van der Waals surface area contributed by atoms with Crippen molar-refractivity contribution in [2.45, 2.75) is 18.7 Å². The van der Waals surface area contributed by atoms with E-state index in [1.165, 1.54) is 18.2 Å². The number of phenols is 1. The highest BCUT2D eigenvalue weighted by Crippen LogP contribution is 2.29. The first-order chi connectivity index (χ1) is 10.2. The van der Waals surface area contributed by atoms with Crippen LogP contribution in [-0.2, 0) is 10.0 Å². The van der Waals surface area contributed by atoms with E-state index in [1.807, 2.05) is 0 Å². The lowest BCUT2D eigenvalue weighted by molar-refractivity contribution is 0.0696. The lowest BCUT2D eigenvalue weighted by Crippen LogP contribution is -2.14. The maximum absolute atomic E-state index is 12.3. The highest BCUT2D eigenvalue weighted by molar-refractivity contribution is 7.92. The smallest absolute Gasteiger partial charge is 0.335 e. The molecular formula is C15H15NO5S. The summed E-state index contributed by atoms with van der Waals surface area (Å²) < 4.78 is 27.0. The summed E-state index contributed by atoms with van der Waals surface area (Å²) in [6, 6.07) is 8.19. The summed E-state index contributed by atoms with van der Waals surface area (Å²) in [5.74, 6) is -1.19. The highest BCUT2D eigenvalue weighted by Gasteiger charge is 2.18. The van der Waals surface area contributed by atoms with Crippen LogP contribution in [0, 0.1) is 13.8 Å². The fourth-order valence-electron chi connectivity index (χ4n) is 1.95. The monoisotopic (exact) mass is 321 g/mol. The first-order valence-corrected chi connectivity index (χ1v) is 7.86. The topological polar surface area (TPSA) is 104 Å². The third-order valence-electron chi connectivity index (χ3n) is 3.27. The number of aromatic hydroxyl groups is 1. The third kappa shape index (κ3) is 3.04. The lowest BCUT2D eigenvalue weighted by Gasteiger charge is -2.13. The molecule has 0 fully saturated rings. The van der Waals surface area contributed by atoms with Gasteiger partial charge in [0.2, 0.25) is 0 Å². The van der Waals surface area contributed by atoms with Gasteiger partial charge in [-0.3, -0.25) is 4.72 Å². The normalized spacial score (nSPS) is 11.2. The lowest BCUT2D eigenvalue weighted by atomic mass is 10.1. The number of carboxylic acid groups (broad SMARTS) is 1. The van der Waals surface area contributed by atoms with Crippen LogP contribution >= 0.6 is 0 Å². The molecule has 0 aliphatic carbocycles. The van der Waals surface area contributed by atoms with Crippen molar-refractivity contribution < 1.29 is 23.4 Å². The number of aromatic carboxylic acids is 1. The predicted octanol–water partition coefficient (Wildman–Crippen LogP) is 2.51. The second-order valence-electron chi connectivity index (χ2n) is 4.84. The molecule has 0 heterocycles. The number of aryl methyl sites for hydroxylation is 1. The van der Waals surface area contributed by atoms with Gasteiger partial charge in [0.05, 0.1) is 16.1 Å². The predicted molar refractivity (Wildman–Crippen MR) is 81.8 cm³/mol. The quantitative estimate of drug-likeness (QED) is 0.802. The fourth-order valence-corrected chi connectivity index (χ4v) is 3.11. The van der Waals surface area contributed by atoms with Crippen LogP contribution in [0.5, 0.6) is 5.75 Å². The Balaban J connectivity index is 2.42. The summed E-state index contributed by atoms with van der Waals surface area (Å²) in [4.78, 5) is 10.8. The molecule has 6 nitrogen and oxygen atoms in total. The van der Waals surface area contributed by atoms with Gasteiger partial charge in [0, 0.05) is 5.56 Å². The molecule has 0 spiro atoms. The third-order valence-corrected chi connectivity index (χ3v) is 4.63. The van der Waals surface area contributed by atoms with Crippen LogP contribution in [0.15, 0.2) is 41.3 Å². The zero-order chi connectivity index (χ0) is 16.5. The van der Waals surface area contributed by atoms with E-state index in [0.29, 0.717) is 11.1 Å². The SMILES string of the molecule is Cc1ccc(NS(=O)(=O)c2cccc(C(=O)O)c2)c(C)c1O. The molecule has 0 aliphatic heterocycles. The van der Waals surface area contributed by atoms with E-state index >= 15 is 0 Å². The van der Waals surface area contributed by atoms with Crippen molar-refractivity contribution in [2.75, 3.05) is 4.72 Å². The number of carbonyl (C=O) groups is 1. The number of phenolic OH excluding ortho intramolecular Hbond substituents is 1. The molecule has 22 heavy (non-hydrogen) atoms. The molecule has 7 heteroatoms. The van der Waals surface area contributed by atoms with Crippen LogP contribution in [0.1, 0.15) is 21.5 Å². The van der Waals surface area contributed by atoms with E-state index in [1.54, 1.807) is 26.0 Å². The zero-order valence-corrected chi connectivity index (χ0v) is 12.8. The molecule has 0 radical (unpaired) electrons. The molecule has 2 aromatic rings. The number of carboxylic acids is 1. The standard InChI is InChI=1S/C15H15NO5S/c1-9-6-7-13(10(2)14(9)17)16-22(20,21)12-5-3-4-11(8-12)15(18)19/h3-8,16-17H,1-2H3,(H,18,19). The average Bonchev–Trinajstić information content (AvgIpc) is 2.48. The molecule has 2 aromatic carbocycles. The van der Waals surface area contributed by atoms with E-state index in [4.69, 9.17) is 5.11 Å². The van der Waals surface area contributed by atoms with Gasteiger partial charge in [-0.15, -0.1) is 0 Å². The van der Waals surface area contributed by atoms with Crippen molar-refractivity contribution in [3.63, 3.8) is 0 Å². The summed E-state index contributed by atoms with van der Waals surface area (Å²) in [6.07, 6.45) is 0. The summed E-state index contributed by atoms with van der Waals surface area (Å²) in [5.41, 5.74) is 1.15. The molecule has 0 unspecified atom stereocenters. The molecule has 2 rings (SSSR count). The van der Waals surface area contributed by atoms with Gasteiger partial charge < -0.3 is 10.2 Å². The van der Waals surface area contributed by atoms with Crippen LogP contribution in [0.2, 0.25) is 0 Å². The number of hydrogen-bond donors (Lipinski definition) is 3. The van der Waals surface area contributed by atoms with E-state index in [2.05, 4.69) is 4.72 Å². The molecule has 0 aliphatic rings. The van der Waals surface area contributed by atoms with Crippen LogP contribution in [-0.4, -0.2) is 24.6 Å². The maximum Gasteiger partial charge on any atom is 0.335 e. The molecule has 0 aromatic heterocycles. The van der Waals surface area contributed by atoms with E-state index in [-0.39, 0.29) is 21.9 Å². The number of hydrogen-bond acceptors (Lipinski definition) is 4. The van der Waals surface area contributed by atoms with E-state index in [9.17, 15) is 18.3 Å². The molecule has 0 saturated carbocycles. The molecule has 0 atom stereocenters. The second-order valence-corrected chi connectivity index (χ2v) is 6.52. The highest BCUT2D eigenvalue weighted by atomic mass is 32.2. The van der Waals surface area contributed by atoms with Gasteiger partial charge in [0.15, 0.2) is 0 Å². The van der Waals surface area contributed by atoms with Crippen LogP contribution in [0.25, 0.3) is 0 Å². The number of rotatable bonds is 4. The van der Waals surface area contributed by atoms with E-state index < -0.39 is 16.0 Å². The second kappa shape index (κ2) is 5.69. The molecule has 116 valence electrons. The number of anilines is 1. The van der Waals surface area contributed by atoms with Crippen molar-refractivity contribution in [3.05, 3.63) is 53.1 Å². The molecule has 0 saturated heterocycles. The summed E-state index contributed by atoms with van der Waals surface area (Å²) in [7, 11) is -3.95. The van der Waals surface area contributed by atoms with Gasteiger partial charge >= 0.3 is 5.97 Å². The number of benzene rings is 2. The van der Waals surface area contributed by atoms with Gasteiger partial charge in [0.1, 0.15) is 5.75 Å². The largest absolute Gasteiger partial charge is 0.507 e. The van der Waals surface area contributed by atoms with Gasteiger partial charge in [-0.25, -0.2) is 13.2 Å². The maximum atomic E-state index is 12.3. The minimum atomic E-state index is -3.95. The Hall–Kier alpha value is -2.54. The van der Waals surface area contributed by atoms with E-state index in [0.717, 1.165) is 6.07 Å².